The average Bonchev–Trinajstić information content (AvgIpc) is 3.16. The van der Waals surface area contributed by atoms with Crippen molar-refractivity contribution in [2.45, 2.75) is 51.0 Å². The summed E-state index contributed by atoms with van der Waals surface area (Å²) in [6, 6.07) is 7.23. The largest absolute Gasteiger partial charge is 0.476 e. The third-order valence-electron chi connectivity index (χ3n) is 5.07. The second-order valence-corrected chi connectivity index (χ2v) is 7.98. The first-order valence-electron chi connectivity index (χ1n) is 9.30. The molecule has 0 bridgehead atoms. The lowest BCUT2D eigenvalue weighted by Gasteiger charge is -2.33. The molecule has 1 fully saturated rings. The topological polar surface area (TPSA) is 84.4 Å². The lowest BCUT2D eigenvalue weighted by atomic mass is 9.90. The van der Waals surface area contributed by atoms with Crippen LogP contribution in [0.5, 0.6) is 5.75 Å². The summed E-state index contributed by atoms with van der Waals surface area (Å²) in [5, 5.41) is 12.7. The maximum Gasteiger partial charge on any atom is 0.269 e. The number of carbonyl (C=O) groups excluding carboxylic acids is 2. The maximum atomic E-state index is 12.7. The van der Waals surface area contributed by atoms with Gasteiger partial charge in [0.25, 0.3) is 5.91 Å². The van der Waals surface area contributed by atoms with Gasteiger partial charge >= 0.3 is 0 Å². The van der Waals surface area contributed by atoms with Crippen molar-refractivity contribution in [1.82, 2.24) is 10.2 Å². The molecule has 0 saturated heterocycles. The van der Waals surface area contributed by atoms with E-state index in [1.807, 2.05) is 18.2 Å². The van der Waals surface area contributed by atoms with Crippen LogP contribution in [0.2, 0.25) is 0 Å². The van der Waals surface area contributed by atoms with E-state index in [1.165, 1.54) is 37.5 Å². The van der Waals surface area contributed by atoms with Crippen molar-refractivity contribution < 1.29 is 14.3 Å². The third-order valence-corrected chi connectivity index (χ3v) is 6.07. The average molecular weight is 386 g/mol. The van der Waals surface area contributed by atoms with Crippen LogP contribution in [0.4, 0.5) is 10.8 Å². The first-order chi connectivity index (χ1) is 13.1. The number of hydrogen-bond acceptors (Lipinski definition) is 6. The number of fused-ring (bicyclic) bond motifs is 1. The van der Waals surface area contributed by atoms with Gasteiger partial charge in [-0.1, -0.05) is 42.7 Å². The molecule has 2 aliphatic rings. The number of amides is 2. The Hall–Kier alpha value is -2.48. The van der Waals surface area contributed by atoms with E-state index in [-0.39, 0.29) is 18.4 Å². The molecule has 2 aromatic rings. The molecular formula is C19H22N4O3S. The molecule has 1 aliphatic carbocycles. The summed E-state index contributed by atoms with van der Waals surface area (Å²) in [6.07, 6.45) is 5.22. The van der Waals surface area contributed by atoms with E-state index in [9.17, 15) is 9.59 Å². The lowest BCUT2D eigenvalue weighted by Crippen LogP contribution is -2.48. The molecule has 0 spiro atoms. The van der Waals surface area contributed by atoms with Crippen LogP contribution in [0.3, 0.4) is 0 Å². The van der Waals surface area contributed by atoms with Crippen molar-refractivity contribution in [2.24, 2.45) is 0 Å². The number of ether oxygens (including phenoxy) is 1. The number of para-hydroxylation sites is 2. The minimum atomic E-state index is -0.786. The SMILES string of the molecule is CC(=O)N1C[C@@H](C(=O)Nc2nnc(C3CCCCC3)s2)Oc2ccccc21. The van der Waals surface area contributed by atoms with Gasteiger partial charge < -0.3 is 9.64 Å². The summed E-state index contributed by atoms with van der Waals surface area (Å²) in [5.41, 5.74) is 0.685. The van der Waals surface area contributed by atoms with Gasteiger partial charge in [-0.15, -0.1) is 10.2 Å². The Morgan fingerprint density at radius 2 is 1.96 bits per heavy atom. The predicted molar refractivity (Wildman–Crippen MR) is 103 cm³/mol. The van der Waals surface area contributed by atoms with Gasteiger partial charge in [-0.2, -0.15) is 0 Å². The quantitative estimate of drug-likeness (QED) is 0.875. The van der Waals surface area contributed by atoms with Crippen LogP contribution in [0.25, 0.3) is 0 Å². The standard InChI is InChI=1S/C19H22N4O3S/c1-12(24)23-11-16(26-15-10-6-5-9-14(15)23)17(25)20-19-22-21-18(27-19)13-7-3-2-4-8-13/h5-6,9-10,13,16H,2-4,7-8,11H2,1H3,(H,20,22,25)/t16-/m0/s1. The number of aromatic nitrogens is 2. The van der Waals surface area contributed by atoms with E-state index < -0.39 is 6.10 Å². The van der Waals surface area contributed by atoms with Crippen molar-refractivity contribution in [3.8, 4) is 5.75 Å². The number of anilines is 2. The zero-order valence-electron chi connectivity index (χ0n) is 15.2. The smallest absolute Gasteiger partial charge is 0.269 e. The monoisotopic (exact) mass is 386 g/mol. The molecule has 1 aromatic heterocycles. The first-order valence-corrected chi connectivity index (χ1v) is 10.1. The molecule has 4 rings (SSSR count). The molecule has 142 valence electrons. The zero-order valence-corrected chi connectivity index (χ0v) is 16.0. The molecule has 1 aliphatic heterocycles. The molecule has 8 heteroatoms. The molecule has 27 heavy (non-hydrogen) atoms. The van der Waals surface area contributed by atoms with Crippen LogP contribution < -0.4 is 15.0 Å². The van der Waals surface area contributed by atoms with Gasteiger partial charge in [0.15, 0.2) is 6.10 Å². The van der Waals surface area contributed by atoms with E-state index in [2.05, 4.69) is 15.5 Å². The highest BCUT2D eigenvalue weighted by Crippen LogP contribution is 2.36. The van der Waals surface area contributed by atoms with Crippen LogP contribution in [-0.4, -0.2) is 34.7 Å². The number of rotatable bonds is 3. The van der Waals surface area contributed by atoms with Gasteiger partial charge in [-0.3, -0.25) is 14.9 Å². The maximum absolute atomic E-state index is 12.7. The van der Waals surface area contributed by atoms with Crippen molar-refractivity contribution in [3.05, 3.63) is 29.3 Å². The summed E-state index contributed by atoms with van der Waals surface area (Å²) < 4.78 is 5.82. The Kier molecular flexibility index (Phi) is 5.07. The van der Waals surface area contributed by atoms with E-state index in [4.69, 9.17) is 4.74 Å². The molecule has 2 heterocycles. The highest BCUT2D eigenvalue weighted by Gasteiger charge is 2.33. The molecule has 7 nitrogen and oxygen atoms in total. The molecule has 1 saturated carbocycles. The van der Waals surface area contributed by atoms with Crippen molar-refractivity contribution in [2.75, 3.05) is 16.8 Å². The van der Waals surface area contributed by atoms with Gasteiger partial charge in [0.2, 0.25) is 11.0 Å². The van der Waals surface area contributed by atoms with Crippen LogP contribution in [0, 0.1) is 0 Å². The summed E-state index contributed by atoms with van der Waals surface area (Å²) in [7, 11) is 0. The number of hydrogen-bond donors (Lipinski definition) is 1. The highest BCUT2D eigenvalue weighted by molar-refractivity contribution is 7.15. The fourth-order valence-electron chi connectivity index (χ4n) is 3.65. The van der Waals surface area contributed by atoms with E-state index in [0.717, 1.165) is 17.8 Å². The number of nitrogens with one attached hydrogen (secondary N) is 1. The van der Waals surface area contributed by atoms with Crippen LogP contribution in [-0.2, 0) is 9.59 Å². The van der Waals surface area contributed by atoms with Crippen LogP contribution in [0.1, 0.15) is 50.0 Å². The fraction of sp³-hybridized carbons (Fsp3) is 0.474. The summed E-state index contributed by atoms with van der Waals surface area (Å²) in [4.78, 5) is 26.2. The molecule has 1 atom stereocenters. The minimum absolute atomic E-state index is 0.126. The van der Waals surface area contributed by atoms with Gasteiger partial charge in [0.05, 0.1) is 12.2 Å². The highest BCUT2D eigenvalue weighted by atomic mass is 32.1. The van der Waals surface area contributed by atoms with Gasteiger partial charge in [-0.25, -0.2) is 0 Å². The van der Waals surface area contributed by atoms with E-state index in [0.29, 0.717) is 22.5 Å². The molecule has 1 N–H and O–H groups in total. The Bertz CT molecular complexity index is 847. The minimum Gasteiger partial charge on any atom is -0.476 e. The van der Waals surface area contributed by atoms with Crippen LogP contribution >= 0.6 is 11.3 Å². The Morgan fingerprint density at radius 3 is 2.74 bits per heavy atom. The third kappa shape index (κ3) is 3.80. The fourth-order valence-corrected chi connectivity index (χ4v) is 4.57. The summed E-state index contributed by atoms with van der Waals surface area (Å²) >= 11 is 1.43. The predicted octanol–water partition coefficient (Wildman–Crippen LogP) is 3.34. The van der Waals surface area contributed by atoms with Crippen molar-refractivity contribution >= 4 is 34.0 Å². The second-order valence-electron chi connectivity index (χ2n) is 6.97. The number of nitrogens with zero attached hydrogens (tertiary/aromatic N) is 3. The molecule has 2 amide bonds. The molecule has 1 aromatic carbocycles. The number of carbonyl (C=O) groups is 2. The molecule has 0 unspecified atom stereocenters. The van der Waals surface area contributed by atoms with Crippen molar-refractivity contribution in [3.63, 3.8) is 0 Å². The number of benzene rings is 1. The molecular weight excluding hydrogens is 364 g/mol. The Balaban J connectivity index is 1.46. The summed E-state index contributed by atoms with van der Waals surface area (Å²) in [5.74, 6) is 0.535. The normalized spacial score (nSPS) is 19.9. The summed E-state index contributed by atoms with van der Waals surface area (Å²) in [6.45, 7) is 1.66. The molecule has 0 radical (unpaired) electrons. The Morgan fingerprint density at radius 1 is 1.19 bits per heavy atom. The lowest BCUT2D eigenvalue weighted by molar-refractivity contribution is -0.123. The first kappa shape index (κ1) is 17.9. The van der Waals surface area contributed by atoms with Crippen molar-refractivity contribution in [1.29, 1.82) is 0 Å². The second kappa shape index (κ2) is 7.64. The zero-order chi connectivity index (χ0) is 18.8. The van der Waals surface area contributed by atoms with Gasteiger partial charge in [0.1, 0.15) is 10.8 Å². The Labute approximate surface area is 161 Å². The van der Waals surface area contributed by atoms with Crippen LogP contribution in [0.15, 0.2) is 24.3 Å². The van der Waals surface area contributed by atoms with E-state index >= 15 is 0 Å². The van der Waals surface area contributed by atoms with E-state index in [1.54, 1.807) is 11.0 Å². The van der Waals surface area contributed by atoms with Gasteiger partial charge in [0, 0.05) is 12.8 Å². The van der Waals surface area contributed by atoms with Gasteiger partial charge in [-0.05, 0) is 25.0 Å².